The Balaban J connectivity index is 2.24. The van der Waals surface area contributed by atoms with Crippen molar-refractivity contribution >= 4 is 50.1 Å². The van der Waals surface area contributed by atoms with Crippen LogP contribution in [-0.2, 0) is 6.42 Å². The molecule has 100 valence electrons. The molecule has 1 atom stereocenters. The first kappa shape index (κ1) is 15.3. The van der Waals surface area contributed by atoms with E-state index in [1.54, 1.807) is 0 Å². The molecule has 0 aliphatic heterocycles. The highest BCUT2D eigenvalue weighted by atomic mass is 127. The van der Waals surface area contributed by atoms with E-state index in [-0.39, 0.29) is 6.04 Å². The first-order valence-corrected chi connectivity index (χ1v) is 8.00. The minimum atomic E-state index is 0.0214. The summed E-state index contributed by atoms with van der Waals surface area (Å²) in [6.07, 6.45) is 0.812. The third-order valence-corrected chi connectivity index (χ3v) is 4.56. The highest BCUT2D eigenvalue weighted by Gasteiger charge is 2.14. The SMILES string of the molecule is NNC(Cc1ccc(I)cc1)c1cc(Cl)ccc1Br. The Morgan fingerprint density at radius 2 is 1.89 bits per heavy atom. The summed E-state index contributed by atoms with van der Waals surface area (Å²) < 4.78 is 2.23. The first-order valence-electron chi connectivity index (χ1n) is 5.75. The van der Waals surface area contributed by atoms with Gasteiger partial charge in [0.15, 0.2) is 0 Å². The third kappa shape index (κ3) is 4.16. The van der Waals surface area contributed by atoms with Gasteiger partial charge in [-0.2, -0.15) is 0 Å². The lowest BCUT2D eigenvalue weighted by atomic mass is 9.99. The van der Waals surface area contributed by atoms with Crippen LogP contribution in [0.1, 0.15) is 17.2 Å². The number of hydrogen-bond acceptors (Lipinski definition) is 2. The Morgan fingerprint density at radius 1 is 1.21 bits per heavy atom. The van der Waals surface area contributed by atoms with Crippen LogP contribution in [0.4, 0.5) is 0 Å². The fourth-order valence-corrected chi connectivity index (χ4v) is 2.96. The van der Waals surface area contributed by atoms with Crippen molar-refractivity contribution in [2.75, 3.05) is 0 Å². The van der Waals surface area contributed by atoms with E-state index in [4.69, 9.17) is 17.4 Å². The molecule has 0 amide bonds. The zero-order valence-electron chi connectivity index (χ0n) is 10.0. The molecule has 3 N–H and O–H groups in total. The van der Waals surface area contributed by atoms with E-state index in [1.807, 2.05) is 18.2 Å². The molecule has 0 heterocycles. The van der Waals surface area contributed by atoms with Gasteiger partial charge >= 0.3 is 0 Å². The van der Waals surface area contributed by atoms with Crippen molar-refractivity contribution in [3.63, 3.8) is 0 Å². The summed E-state index contributed by atoms with van der Waals surface area (Å²) in [5.74, 6) is 5.69. The number of nitrogens with one attached hydrogen (secondary N) is 1. The molecule has 0 radical (unpaired) electrons. The van der Waals surface area contributed by atoms with Crippen LogP contribution >= 0.6 is 50.1 Å². The van der Waals surface area contributed by atoms with Gasteiger partial charge in [0.1, 0.15) is 0 Å². The van der Waals surface area contributed by atoms with Crippen LogP contribution in [-0.4, -0.2) is 0 Å². The van der Waals surface area contributed by atoms with Crippen LogP contribution in [0.3, 0.4) is 0 Å². The van der Waals surface area contributed by atoms with Crippen molar-refractivity contribution in [1.29, 1.82) is 0 Å². The van der Waals surface area contributed by atoms with Gasteiger partial charge in [0.25, 0.3) is 0 Å². The lowest BCUT2D eigenvalue weighted by molar-refractivity contribution is 0.550. The molecular formula is C14H13BrClIN2. The van der Waals surface area contributed by atoms with Crippen molar-refractivity contribution in [3.05, 3.63) is 66.7 Å². The predicted molar refractivity (Wildman–Crippen MR) is 92.1 cm³/mol. The van der Waals surface area contributed by atoms with Crippen LogP contribution in [0.25, 0.3) is 0 Å². The highest BCUT2D eigenvalue weighted by molar-refractivity contribution is 14.1. The maximum Gasteiger partial charge on any atom is 0.0511 e. The Bertz CT molecular complexity index is 560. The second kappa shape index (κ2) is 7.04. The molecular weight excluding hydrogens is 438 g/mol. The molecule has 2 aromatic rings. The molecule has 0 aromatic heterocycles. The molecule has 0 fully saturated rings. The zero-order chi connectivity index (χ0) is 13.8. The smallest absolute Gasteiger partial charge is 0.0511 e. The lowest BCUT2D eigenvalue weighted by Crippen LogP contribution is -2.29. The summed E-state index contributed by atoms with van der Waals surface area (Å²) in [6, 6.07) is 14.2. The van der Waals surface area contributed by atoms with Crippen molar-refractivity contribution < 1.29 is 0 Å². The molecule has 0 spiro atoms. The van der Waals surface area contributed by atoms with Gasteiger partial charge in [-0.25, -0.2) is 0 Å². The van der Waals surface area contributed by atoms with E-state index in [2.05, 4.69) is 68.2 Å². The third-order valence-electron chi connectivity index (χ3n) is 2.89. The van der Waals surface area contributed by atoms with Crippen LogP contribution in [0.2, 0.25) is 5.02 Å². The van der Waals surface area contributed by atoms with Gasteiger partial charge in [-0.15, -0.1) is 0 Å². The molecule has 2 rings (SSSR count). The standard InChI is InChI=1S/C14H13BrClIN2/c15-13-6-3-10(16)8-12(13)14(19-18)7-9-1-4-11(17)5-2-9/h1-6,8,14,19H,7,18H2. The van der Waals surface area contributed by atoms with E-state index in [1.165, 1.54) is 9.13 Å². The van der Waals surface area contributed by atoms with Crippen molar-refractivity contribution in [1.82, 2.24) is 5.43 Å². The molecule has 1 unspecified atom stereocenters. The summed E-state index contributed by atoms with van der Waals surface area (Å²) in [6.45, 7) is 0. The number of hydrazine groups is 1. The molecule has 0 saturated heterocycles. The quantitative estimate of drug-likeness (QED) is 0.409. The van der Waals surface area contributed by atoms with Gasteiger partial charge in [0.2, 0.25) is 0 Å². The largest absolute Gasteiger partial charge is 0.271 e. The lowest BCUT2D eigenvalue weighted by Gasteiger charge is -2.18. The maximum atomic E-state index is 6.05. The van der Waals surface area contributed by atoms with Gasteiger partial charge in [-0.05, 0) is 70.5 Å². The first-order chi connectivity index (χ1) is 9.10. The Labute approximate surface area is 140 Å². The summed E-state index contributed by atoms with van der Waals surface area (Å²) in [4.78, 5) is 0. The van der Waals surface area contributed by atoms with Gasteiger partial charge in [-0.1, -0.05) is 39.7 Å². The van der Waals surface area contributed by atoms with Crippen LogP contribution in [0.5, 0.6) is 0 Å². The fraction of sp³-hybridized carbons (Fsp3) is 0.143. The van der Waals surface area contributed by atoms with Crippen LogP contribution in [0.15, 0.2) is 46.9 Å². The molecule has 2 aromatic carbocycles. The number of rotatable bonds is 4. The minimum Gasteiger partial charge on any atom is -0.271 e. The average molecular weight is 452 g/mol. The van der Waals surface area contributed by atoms with Crippen LogP contribution < -0.4 is 11.3 Å². The zero-order valence-corrected chi connectivity index (χ0v) is 14.5. The second-order valence-corrected chi connectivity index (χ2v) is 6.75. The number of halogens is 3. The molecule has 0 aliphatic carbocycles. The molecule has 0 bridgehead atoms. The van der Waals surface area contributed by atoms with Crippen molar-refractivity contribution in [2.24, 2.45) is 5.84 Å². The number of nitrogens with two attached hydrogens (primary N) is 1. The number of hydrogen-bond donors (Lipinski definition) is 2. The summed E-state index contributed by atoms with van der Waals surface area (Å²) >= 11 is 11.9. The Morgan fingerprint density at radius 3 is 2.53 bits per heavy atom. The van der Waals surface area contributed by atoms with E-state index in [0.717, 1.165) is 16.5 Å². The van der Waals surface area contributed by atoms with Gasteiger partial charge in [0.05, 0.1) is 6.04 Å². The monoisotopic (exact) mass is 450 g/mol. The fourth-order valence-electron chi connectivity index (χ4n) is 1.90. The minimum absolute atomic E-state index is 0.0214. The number of benzene rings is 2. The van der Waals surface area contributed by atoms with E-state index in [0.29, 0.717) is 5.02 Å². The summed E-state index contributed by atoms with van der Waals surface area (Å²) in [5, 5.41) is 0.709. The van der Waals surface area contributed by atoms with E-state index >= 15 is 0 Å². The van der Waals surface area contributed by atoms with Crippen molar-refractivity contribution in [2.45, 2.75) is 12.5 Å². The van der Waals surface area contributed by atoms with Gasteiger partial charge in [0, 0.05) is 13.1 Å². The van der Waals surface area contributed by atoms with Crippen LogP contribution in [0, 0.1) is 3.57 Å². The molecule has 2 nitrogen and oxygen atoms in total. The predicted octanol–water partition coefficient (Wildman–Crippen LogP) is 4.45. The van der Waals surface area contributed by atoms with Gasteiger partial charge in [-0.3, -0.25) is 11.3 Å². The summed E-state index contributed by atoms with van der Waals surface area (Å²) in [5.41, 5.74) is 5.15. The van der Waals surface area contributed by atoms with E-state index < -0.39 is 0 Å². The average Bonchev–Trinajstić information content (AvgIpc) is 2.41. The Hall–Kier alpha value is -0.140. The normalized spacial score (nSPS) is 12.4. The summed E-state index contributed by atoms with van der Waals surface area (Å²) in [7, 11) is 0. The molecule has 19 heavy (non-hydrogen) atoms. The van der Waals surface area contributed by atoms with Gasteiger partial charge < -0.3 is 0 Å². The Kier molecular flexibility index (Phi) is 5.65. The highest BCUT2D eigenvalue weighted by Crippen LogP contribution is 2.28. The molecule has 5 heteroatoms. The topological polar surface area (TPSA) is 38.0 Å². The molecule has 0 aliphatic rings. The van der Waals surface area contributed by atoms with Crippen molar-refractivity contribution in [3.8, 4) is 0 Å². The van der Waals surface area contributed by atoms with E-state index in [9.17, 15) is 0 Å². The second-order valence-electron chi connectivity index (χ2n) is 4.22. The maximum absolute atomic E-state index is 6.05. The molecule has 0 saturated carbocycles.